The van der Waals surface area contributed by atoms with E-state index < -0.39 is 4.92 Å². The Morgan fingerprint density at radius 1 is 1.54 bits per heavy atom. The average Bonchev–Trinajstić information content (AvgIpc) is 2.08. The zero-order valence-corrected chi connectivity index (χ0v) is 7.02. The van der Waals surface area contributed by atoms with Crippen molar-refractivity contribution in [3.8, 4) is 5.75 Å². The molecule has 5 nitrogen and oxygen atoms in total. The number of hydrogen-bond donors (Lipinski definition) is 0. The summed E-state index contributed by atoms with van der Waals surface area (Å²) in [4.78, 5) is 19.7. The first kappa shape index (κ1) is 9.47. The number of nitro benzene ring substituents is 1. The first-order chi connectivity index (χ1) is 6.15. The van der Waals surface area contributed by atoms with E-state index in [0.717, 1.165) is 6.07 Å². The Morgan fingerprint density at radius 3 is 2.77 bits per heavy atom. The number of carbonyl (C=O) groups excluding carboxylic acids is 1. The number of benzene rings is 1. The fraction of sp³-hybridized carbons (Fsp3) is 0. The topological polar surface area (TPSA) is 69.4 Å². The Labute approximate surface area is 78.0 Å². The molecule has 0 heterocycles. The van der Waals surface area contributed by atoms with Gasteiger partial charge in [0, 0.05) is 11.1 Å². The first-order valence-corrected chi connectivity index (χ1v) is 3.57. The van der Waals surface area contributed by atoms with E-state index >= 15 is 0 Å². The molecule has 6 heteroatoms. The van der Waals surface area contributed by atoms with Gasteiger partial charge in [-0.3, -0.25) is 14.9 Å². The Bertz CT molecular complexity index is 352. The van der Waals surface area contributed by atoms with Gasteiger partial charge in [0.15, 0.2) is 0 Å². The zero-order chi connectivity index (χ0) is 9.84. The molecule has 0 aliphatic rings. The molecule has 0 aliphatic heterocycles. The minimum atomic E-state index is -0.676. The van der Waals surface area contributed by atoms with Gasteiger partial charge in [-0.25, -0.2) is 0 Å². The summed E-state index contributed by atoms with van der Waals surface area (Å²) in [6.45, 7) is 0.121. The molecule has 1 rings (SSSR count). The van der Waals surface area contributed by atoms with Crippen molar-refractivity contribution in [1.29, 1.82) is 0 Å². The fourth-order valence-corrected chi connectivity index (χ4v) is 0.951. The van der Waals surface area contributed by atoms with Gasteiger partial charge in [-0.15, -0.1) is 0 Å². The summed E-state index contributed by atoms with van der Waals surface area (Å²) in [6.07, 6.45) is 0. The molecule has 0 saturated carbocycles. The number of hydrogen-bond acceptors (Lipinski definition) is 4. The monoisotopic (exact) mass is 201 g/mol. The van der Waals surface area contributed by atoms with Gasteiger partial charge in [0.2, 0.25) is 5.75 Å². The van der Waals surface area contributed by atoms with E-state index in [2.05, 4.69) is 4.74 Å². The molecule has 0 aliphatic carbocycles. The molecule has 0 bridgehead atoms. The molecule has 13 heavy (non-hydrogen) atoms. The smallest absolute Gasteiger partial charge is 0.313 e. The van der Waals surface area contributed by atoms with Crippen molar-refractivity contribution in [1.82, 2.24) is 0 Å². The van der Waals surface area contributed by atoms with Crippen LogP contribution in [0.3, 0.4) is 0 Å². The van der Waals surface area contributed by atoms with Crippen molar-refractivity contribution in [3.05, 3.63) is 33.3 Å². The van der Waals surface area contributed by atoms with Crippen molar-refractivity contribution < 1.29 is 14.5 Å². The Balaban J connectivity index is 3.17. The van der Waals surface area contributed by atoms with Gasteiger partial charge in [-0.05, 0) is 12.1 Å². The second kappa shape index (κ2) is 3.86. The highest BCUT2D eigenvalue weighted by molar-refractivity contribution is 6.30. The van der Waals surface area contributed by atoms with Crippen LogP contribution in [-0.4, -0.2) is 11.4 Å². The first-order valence-electron chi connectivity index (χ1n) is 3.19. The van der Waals surface area contributed by atoms with Crippen molar-refractivity contribution in [2.45, 2.75) is 0 Å². The molecule has 0 unspecified atom stereocenters. The summed E-state index contributed by atoms with van der Waals surface area (Å²) < 4.78 is 4.37. The van der Waals surface area contributed by atoms with E-state index in [9.17, 15) is 14.9 Å². The van der Waals surface area contributed by atoms with Crippen LogP contribution in [0.25, 0.3) is 0 Å². The lowest BCUT2D eigenvalue weighted by Gasteiger charge is -1.98. The molecule has 1 aromatic carbocycles. The lowest BCUT2D eigenvalue weighted by molar-refractivity contribution is -0.385. The minimum Gasteiger partial charge on any atom is -0.421 e. The maximum Gasteiger partial charge on any atom is 0.313 e. The van der Waals surface area contributed by atoms with Crippen LogP contribution in [0.5, 0.6) is 5.75 Å². The summed E-state index contributed by atoms with van der Waals surface area (Å²) in [7, 11) is 0. The van der Waals surface area contributed by atoms with E-state index in [0.29, 0.717) is 0 Å². The second-order valence-electron chi connectivity index (χ2n) is 2.08. The molecule has 68 valence electrons. The molecule has 0 atom stereocenters. The summed E-state index contributed by atoms with van der Waals surface area (Å²) >= 11 is 5.51. The minimum absolute atomic E-state index is 0.121. The predicted molar refractivity (Wildman–Crippen MR) is 44.8 cm³/mol. The highest BCUT2D eigenvalue weighted by Crippen LogP contribution is 2.29. The SMILES string of the molecule is O=COc1ccc(Cl)cc1[N+](=O)[O-]. The van der Waals surface area contributed by atoms with Crippen LogP contribution in [0.2, 0.25) is 5.02 Å². The number of nitro groups is 1. The standard InChI is InChI=1S/C7H4ClNO4/c8-5-1-2-7(13-4-10)6(3-5)9(11)12/h1-4H. The summed E-state index contributed by atoms with van der Waals surface area (Å²) in [6, 6.07) is 3.77. The molecule has 0 fully saturated rings. The second-order valence-corrected chi connectivity index (χ2v) is 2.52. The predicted octanol–water partition coefficient (Wildman–Crippen LogP) is 1.78. The highest BCUT2D eigenvalue weighted by Gasteiger charge is 2.15. The Kier molecular flexibility index (Phi) is 2.81. The van der Waals surface area contributed by atoms with Gasteiger partial charge in [0.05, 0.1) is 4.92 Å². The summed E-state index contributed by atoms with van der Waals surface area (Å²) in [5.41, 5.74) is -0.334. The molecule has 0 saturated heterocycles. The maximum absolute atomic E-state index is 10.4. The molecular formula is C7H4ClNO4. The fourth-order valence-electron chi connectivity index (χ4n) is 0.785. The number of nitrogens with zero attached hydrogens (tertiary/aromatic N) is 1. The van der Waals surface area contributed by atoms with Gasteiger partial charge >= 0.3 is 5.69 Å². The summed E-state index contributed by atoms with van der Waals surface area (Å²) in [5, 5.41) is 10.6. The van der Waals surface area contributed by atoms with E-state index in [1.165, 1.54) is 12.1 Å². The maximum atomic E-state index is 10.4. The average molecular weight is 202 g/mol. The van der Waals surface area contributed by atoms with E-state index in [4.69, 9.17) is 11.6 Å². The van der Waals surface area contributed by atoms with E-state index in [-0.39, 0.29) is 22.9 Å². The van der Waals surface area contributed by atoms with Gasteiger partial charge in [-0.1, -0.05) is 11.6 Å². The van der Waals surface area contributed by atoms with Crippen molar-refractivity contribution >= 4 is 23.8 Å². The van der Waals surface area contributed by atoms with Crippen LogP contribution in [-0.2, 0) is 4.79 Å². The molecule has 1 aromatic rings. The van der Waals surface area contributed by atoms with Gasteiger partial charge in [0.25, 0.3) is 6.47 Å². The van der Waals surface area contributed by atoms with Gasteiger partial charge < -0.3 is 4.74 Å². The van der Waals surface area contributed by atoms with Crippen LogP contribution >= 0.6 is 11.6 Å². The number of rotatable bonds is 3. The molecule has 0 N–H and O–H groups in total. The van der Waals surface area contributed by atoms with Crippen LogP contribution in [0.4, 0.5) is 5.69 Å². The van der Waals surface area contributed by atoms with Crippen LogP contribution in [0, 0.1) is 10.1 Å². The molecule has 0 spiro atoms. The highest BCUT2D eigenvalue weighted by atomic mass is 35.5. The quantitative estimate of drug-likeness (QED) is 0.425. The third kappa shape index (κ3) is 2.16. The third-order valence-corrected chi connectivity index (χ3v) is 1.53. The van der Waals surface area contributed by atoms with Crippen LogP contribution < -0.4 is 4.74 Å². The molecular weight excluding hydrogens is 198 g/mol. The lowest BCUT2D eigenvalue weighted by atomic mass is 10.3. The Morgan fingerprint density at radius 2 is 2.23 bits per heavy atom. The normalized spacial score (nSPS) is 9.31. The third-order valence-electron chi connectivity index (χ3n) is 1.29. The van der Waals surface area contributed by atoms with E-state index in [1.807, 2.05) is 0 Å². The van der Waals surface area contributed by atoms with Crippen molar-refractivity contribution in [2.75, 3.05) is 0 Å². The van der Waals surface area contributed by atoms with Crippen LogP contribution in [0.15, 0.2) is 18.2 Å². The number of carbonyl (C=O) groups is 1. The lowest BCUT2D eigenvalue weighted by Crippen LogP contribution is -1.95. The van der Waals surface area contributed by atoms with Crippen molar-refractivity contribution in [3.63, 3.8) is 0 Å². The van der Waals surface area contributed by atoms with Crippen molar-refractivity contribution in [2.24, 2.45) is 0 Å². The molecule has 0 aromatic heterocycles. The molecule has 0 radical (unpaired) electrons. The van der Waals surface area contributed by atoms with Crippen LogP contribution in [0.1, 0.15) is 0 Å². The zero-order valence-electron chi connectivity index (χ0n) is 6.27. The van der Waals surface area contributed by atoms with Gasteiger partial charge in [0.1, 0.15) is 0 Å². The number of halogens is 1. The van der Waals surface area contributed by atoms with E-state index in [1.54, 1.807) is 0 Å². The summed E-state index contributed by atoms with van der Waals surface area (Å²) in [5.74, 6) is -0.121. The molecule has 0 amide bonds. The largest absolute Gasteiger partial charge is 0.421 e. The van der Waals surface area contributed by atoms with Gasteiger partial charge in [-0.2, -0.15) is 0 Å². The number of ether oxygens (including phenoxy) is 1. The Hall–Kier alpha value is -1.62.